The Kier molecular flexibility index (Phi) is 8.43. The Balaban J connectivity index is 1.23. The molecule has 2 heterocycles. The fourth-order valence-corrected chi connectivity index (χ4v) is 5.47. The Labute approximate surface area is 210 Å². The van der Waals surface area contributed by atoms with Crippen LogP contribution < -0.4 is 0 Å². The average molecular weight is 475 g/mol. The van der Waals surface area contributed by atoms with E-state index in [1.54, 1.807) is 0 Å². The number of carbonyl (C=O) groups is 1. The molecular weight excluding hydrogens is 436 g/mol. The molecule has 2 aliphatic rings. The summed E-state index contributed by atoms with van der Waals surface area (Å²) in [4.78, 5) is 19.1. The van der Waals surface area contributed by atoms with E-state index in [1.807, 2.05) is 41.3 Å². The van der Waals surface area contributed by atoms with Gasteiger partial charge in [-0.05, 0) is 36.4 Å². The third-order valence-electron chi connectivity index (χ3n) is 7.80. The Bertz CT molecular complexity index is 983. The van der Waals surface area contributed by atoms with Crippen LogP contribution in [-0.2, 0) is 10.2 Å². The lowest BCUT2D eigenvalue weighted by molar-refractivity contribution is 0.114. The molecule has 2 aromatic rings. The number of carbonyl (C=O) groups excluding carboxylic acids is 1. The fraction of sp³-hybridized carbons (Fsp3) is 0.517. The van der Waals surface area contributed by atoms with Crippen LogP contribution in [0.25, 0.3) is 0 Å². The molecule has 35 heavy (non-hydrogen) atoms. The first-order valence-corrected chi connectivity index (χ1v) is 12.9. The standard InChI is InChI=1S/C29H38N4O2/c1-24(2)29(23-30,26-12-7-4-8-13-26)14-9-15-31-16-18-32(19-17-31)20-21-33-27(22-35-28(33)34)25-10-5-3-6-11-25/h3-8,10-13,24,27H,9,14-22H2,1-2H3. The maximum absolute atomic E-state index is 12.3. The van der Waals surface area contributed by atoms with E-state index in [0.717, 1.165) is 63.2 Å². The highest BCUT2D eigenvalue weighted by Crippen LogP contribution is 2.36. The van der Waals surface area contributed by atoms with Crippen LogP contribution in [0, 0.1) is 17.2 Å². The predicted molar refractivity (Wildman–Crippen MR) is 138 cm³/mol. The average Bonchev–Trinajstić information content (AvgIpc) is 3.27. The van der Waals surface area contributed by atoms with Crippen molar-refractivity contribution in [3.05, 3.63) is 71.8 Å². The summed E-state index contributed by atoms with van der Waals surface area (Å²) in [6, 6.07) is 23.1. The Morgan fingerprint density at radius 1 is 0.943 bits per heavy atom. The number of rotatable bonds is 10. The van der Waals surface area contributed by atoms with Crippen molar-refractivity contribution in [2.24, 2.45) is 5.92 Å². The molecule has 2 unspecified atom stereocenters. The van der Waals surface area contributed by atoms with Crippen LogP contribution in [0.2, 0.25) is 0 Å². The smallest absolute Gasteiger partial charge is 0.410 e. The fourth-order valence-electron chi connectivity index (χ4n) is 5.47. The molecule has 2 atom stereocenters. The van der Waals surface area contributed by atoms with Gasteiger partial charge in [0.15, 0.2) is 0 Å². The van der Waals surface area contributed by atoms with Gasteiger partial charge in [-0.2, -0.15) is 5.26 Å². The molecule has 2 saturated heterocycles. The second-order valence-corrected chi connectivity index (χ2v) is 10.1. The zero-order valence-electron chi connectivity index (χ0n) is 21.1. The highest BCUT2D eigenvalue weighted by atomic mass is 16.6. The molecule has 6 heteroatoms. The lowest BCUT2D eigenvalue weighted by Gasteiger charge is -2.37. The van der Waals surface area contributed by atoms with Crippen LogP contribution in [0.1, 0.15) is 43.9 Å². The number of piperazine rings is 1. The van der Waals surface area contributed by atoms with Crippen molar-refractivity contribution in [3.63, 3.8) is 0 Å². The third-order valence-corrected chi connectivity index (χ3v) is 7.80. The van der Waals surface area contributed by atoms with Crippen LogP contribution in [0.5, 0.6) is 0 Å². The number of hydrogen-bond acceptors (Lipinski definition) is 5. The van der Waals surface area contributed by atoms with Crippen LogP contribution in [0.3, 0.4) is 0 Å². The van der Waals surface area contributed by atoms with Crippen LogP contribution in [0.15, 0.2) is 60.7 Å². The van der Waals surface area contributed by atoms with E-state index in [9.17, 15) is 10.1 Å². The summed E-state index contributed by atoms with van der Waals surface area (Å²) in [5.74, 6) is 0.267. The second-order valence-electron chi connectivity index (χ2n) is 10.1. The first-order valence-electron chi connectivity index (χ1n) is 12.9. The van der Waals surface area contributed by atoms with Crippen molar-refractivity contribution >= 4 is 6.09 Å². The topological polar surface area (TPSA) is 59.8 Å². The molecule has 0 radical (unpaired) electrons. The van der Waals surface area contributed by atoms with Gasteiger partial charge in [0.05, 0.1) is 17.5 Å². The maximum atomic E-state index is 12.3. The van der Waals surface area contributed by atoms with E-state index in [4.69, 9.17) is 4.74 Å². The van der Waals surface area contributed by atoms with E-state index in [0.29, 0.717) is 13.2 Å². The van der Waals surface area contributed by atoms with Gasteiger partial charge in [0.2, 0.25) is 0 Å². The molecule has 0 N–H and O–H groups in total. The zero-order valence-corrected chi connectivity index (χ0v) is 21.1. The number of benzene rings is 2. The molecule has 186 valence electrons. The summed E-state index contributed by atoms with van der Waals surface area (Å²) >= 11 is 0. The van der Waals surface area contributed by atoms with Gasteiger partial charge >= 0.3 is 6.09 Å². The van der Waals surface area contributed by atoms with Crippen LogP contribution in [-0.4, -0.2) is 73.2 Å². The van der Waals surface area contributed by atoms with E-state index >= 15 is 0 Å². The van der Waals surface area contributed by atoms with Gasteiger partial charge < -0.3 is 9.64 Å². The molecule has 1 amide bonds. The Morgan fingerprint density at radius 2 is 1.54 bits per heavy atom. The molecule has 4 rings (SSSR count). The van der Waals surface area contributed by atoms with Crippen molar-refractivity contribution in [3.8, 4) is 6.07 Å². The lowest BCUT2D eigenvalue weighted by Crippen LogP contribution is -2.49. The largest absolute Gasteiger partial charge is 0.447 e. The molecular formula is C29H38N4O2. The van der Waals surface area contributed by atoms with Crippen molar-refractivity contribution < 1.29 is 9.53 Å². The minimum atomic E-state index is -0.428. The monoisotopic (exact) mass is 474 g/mol. The number of hydrogen-bond donors (Lipinski definition) is 0. The number of nitrogens with zero attached hydrogens (tertiary/aromatic N) is 4. The van der Waals surface area contributed by atoms with Crippen molar-refractivity contribution in [2.45, 2.75) is 38.1 Å². The summed E-state index contributed by atoms with van der Waals surface area (Å²) < 4.78 is 5.36. The van der Waals surface area contributed by atoms with E-state index in [1.165, 1.54) is 0 Å². The van der Waals surface area contributed by atoms with Gasteiger partial charge in [-0.1, -0.05) is 74.5 Å². The highest BCUT2D eigenvalue weighted by molar-refractivity contribution is 5.70. The van der Waals surface area contributed by atoms with Gasteiger partial charge in [-0.3, -0.25) is 9.80 Å². The van der Waals surface area contributed by atoms with Crippen LogP contribution >= 0.6 is 0 Å². The van der Waals surface area contributed by atoms with E-state index in [-0.39, 0.29) is 18.1 Å². The number of ether oxygens (including phenoxy) is 1. The number of nitriles is 1. The quantitative estimate of drug-likeness (QED) is 0.500. The zero-order chi connectivity index (χ0) is 24.7. The minimum Gasteiger partial charge on any atom is -0.447 e. The van der Waals surface area contributed by atoms with Gasteiger partial charge in [0.25, 0.3) is 0 Å². The second kappa shape index (κ2) is 11.7. The predicted octanol–water partition coefficient (Wildman–Crippen LogP) is 4.70. The van der Waals surface area contributed by atoms with Crippen molar-refractivity contribution in [2.75, 3.05) is 52.4 Å². The summed E-state index contributed by atoms with van der Waals surface area (Å²) in [6.45, 7) is 11.4. The normalized spacial score (nSPS) is 21.0. The molecule has 0 saturated carbocycles. The van der Waals surface area contributed by atoms with E-state index in [2.05, 4.69) is 54.0 Å². The molecule has 2 aromatic carbocycles. The lowest BCUT2D eigenvalue weighted by atomic mass is 9.70. The maximum Gasteiger partial charge on any atom is 0.410 e. The molecule has 0 spiro atoms. The number of cyclic esters (lactones) is 1. The Morgan fingerprint density at radius 3 is 2.14 bits per heavy atom. The van der Waals surface area contributed by atoms with Gasteiger partial charge in [0, 0.05) is 39.3 Å². The Hall–Kier alpha value is -2.88. The first-order chi connectivity index (χ1) is 17.0. The summed E-state index contributed by atoms with van der Waals surface area (Å²) in [7, 11) is 0. The summed E-state index contributed by atoms with van der Waals surface area (Å²) in [6.07, 6.45) is 1.68. The summed E-state index contributed by atoms with van der Waals surface area (Å²) in [5, 5.41) is 10.1. The van der Waals surface area contributed by atoms with Gasteiger partial charge in [-0.25, -0.2) is 4.79 Å². The first kappa shape index (κ1) is 25.2. The SMILES string of the molecule is CC(C)C(C#N)(CCCN1CCN(CCN2C(=O)OCC2c2ccccc2)CC1)c1ccccc1. The molecule has 0 aromatic heterocycles. The van der Waals surface area contributed by atoms with Crippen molar-refractivity contribution in [1.29, 1.82) is 5.26 Å². The highest BCUT2D eigenvalue weighted by Gasteiger charge is 2.36. The summed E-state index contributed by atoms with van der Waals surface area (Å²) in [5.41, 5.74) is 1.84. The van der Waals surface area contributed by atoms with Crippen LogP contribution in [0.4, 0.5) is 4.79 Å². The third kappa shape index (κ3) is 5.86. The molecule has 6 nitrogen and oxygen atoms in total. The van der Waals surface area contributed by atoms with Gasteiger partial charge in [0.1, 0.15) is 6.61 Å². The minimum absolute atomic E-state index is 0.0101. The molecule has 0 bridgehead atoms. The molecule has 0 aliphatic carbocycles. The molecule has 2 fully saturated rings. The van der Waals surface area contributed by atoms with Gasteiger partial charge in [-0.15, -0.1) is 0 Å². The van der Waals surface area contributed by atoms with E-state index < -0.39 is 5.41 Å². The van der Waals surface area contributed by atoms with Crippen molar-refractivity contribution in [1.82, 2.24) is 14.7 Å². The number of amides is 1. The molecule has 2 aliphatic heterocycles.